The molecule has 0 radical (unpaired) electrons. The highest BCUT2D eigenvalue weighted by molar-refractivity contribution is 5.47. The molecule has 1 aliphatic heterocycles. The van der Waals surface area contributed by atoms with Gasteiger partial charge in [0.25, 0.3) is 0 Å². The Kier molecular flexibility index (Phi) is 4.02. The highest BCUT2D eigenvalue weighted by Crippen LogP contribution is 2.43. The minimum absolute atomic E-state index is 0.00844. The quantitative estimate of drug-likeness (QED) is 0.803. The maximum Gasteiger partial charge on any atom is 0.0594 e. The van der Waals surface area contributed by atoms with Crippen LogP contribution in [-0.2, 0) is 10.2 Å². The van der Waals surface area contributed by atoms with Gasteiger partial charge in [0, 0.05) is 24.5 Å². The zero-order valence-corrected chi connectivity index (χ0v) is 13.4. The average Bonchev–Trinajstić information content (AvgIpc) is 3.11. The second-order valence-electron chi connectivity index (χ2n) is 6.48. The topological polar surface area (TPSA) is 12.5 Å². The summed E-state index contributed by atoms with van der Waals surface area (Å²) in [5, 5.41) is 0. The van der Waals surface area contributed by atoms with Crippen LogP contribution in [0.2, 0.25) is 0 Å². The van der Waals surface area contributed by atoms with Gasteiger partial charge in [0.2, 0.25) is 0 Å². The fourth-order valence-electron chi connectivity index (χ4n) is 3.97. The number of hydrogen-bond acceptors (Lipinski definition) is 2. The molecule has 2 aliphatic rings. The van der Waals surface area contributed by atoms with Gasteiger partial charge in [-0.3, -0.25) is 4.90 Å². The molecule has 2 aromatic rings. The number of benzene rings is 2. The van der Waals surface area contributed by atoms with Crippen molar-refractivity contribution >= 4 is 0 Å². The summed E-state index contributed by atoms with van der Waals surface area (Å²) in [6, 6.07) is 22.3. The molecule has 0 amide bonds. The number of nitrogens with zero attached hydrogens (tertiary/aromatic N) is 1. The summed E-state index contributed by atoms with van der Waals surface area (Å²) in [6.45, 7) is 3.78. The van der Waals surface area contributed by atoms with Crippen LogP contribution in [0.3, 0.4) is 0 Å². The van der Waals surface area contributed by atoms with Crippen LogP contribution in [0.5, 0.6) is 0 Å². The van der Waals surface area contributed by atoms with Gasteiger partial charge >= 0.3 is 0 Å². The number of allylic oxidation sites excluding steroid dienone is 1. The van der Waals surface area contributed by atoms with Crippen molar-refractivity contribution in [3.63, 3.8) is 0 Å². The zero-order valence-electron chi connectivity index (χ0n) is 13.4. The Balaban J connectivity index is 1.70. The lowest BCUT2D eigenvalue weighted by Crippen LogP contribution is -2.43. The Morgan fingerprint density at radius 2 is 1.39 bits per heavy atom. The molecule has 2 aromatic carbocycles. The van der Waals surface area contributed by atoms with Crippen molar-refractivity contribution in [2.24, 2.45) is 0 Å². The van der Waals surface area contributed by atoms with Crippen LogP contribution in [0.1, 0.15) is 17.5 Å². The molecule has 0 aromatic heterocycles. The fraction of sp³-hybridized carbons (Fsp3) is 0.333. The van der Waals surface area contributed by atoms with E-state index in [0.717, 1.165) is 32.7 Å². The summed E-state index contributed by atoms with van der Waals surface area (Å²) in [7, 11) is 0. The number of hydrogen-bond donors (Lipinski definition) is 0. The highest BCUT2D eigenvalue weighted by atomic mass is 16.5. The van der Waals surface area contributed by atoms with Crippen molar-refractivity contribution in [1.29, 1.82) is 0 Å². The molecule has 1 saturated heterocycles. The minimum atomic E-state index is -0.00844. The summed E-state index contributed by atoms with van der Waals surface area (Å²) in [4.78, 5) is 2.56. The Bertz CT molecular complexity index is 619. The van der Waals surface area contributed by atoms with Crippen molar-refractivity contribution in [3.8, 4) is 0 Å². The van der Waals surface area contributed by atoms with Crippen molar-refractivity contribution in [2.75, 3.05) is 26.3 Å². The molecule has 0 N–H and O–H groups in total. The standard InChI is InChI=1S/C21H23NO/c1-3-7-18(8-4-1)21(19-9-5-2-6-10-19)12-11-20(17-21)22-13-15-23-16-14-22/h1-12,20H,13-17H2. The van der Waals surface area contributed by atoms with Crippen LogP contribution in [0, 0.1) is 0 Å². The van der Waals surface area contributed by atoms with Gasteiger partial charge < -0.3 is 4.74 Å². The van der Waals surface area contributed by atoms with E-state index in [9.17, 15) is 0 Å². The second kappa shape index (κ2) is 6.31. The third kappa shape index (κ3) is 2.73. The van der Waals surface area contributed by atoms with E-state index in [4.69, 9.17) is 4.74 Å². The normalized spacial score (nSPS) is 23.9. The number of ether oxygens (including phenoxy) is 1. The van der Waals surface area contributed by atoms with Crippen molar-refractivity contribution in [2.45, 2.75) is 17.9 Å². The molecule has 0 saturated carbocycles. The first-order valence-corrected chi connectivity index (χ1v) is 8.51. The summed E-state index contributed by atoms with van der Waals surface area (Å²) < 4.78 is 5.51. The average molecular weight is 305 g/mol. The van der Waals surface area contributed by atoms with Gasteiger partial charge in [-0.1, -0.05) is 72.8 Å². The summed E-state index contributed by atoms with van der Waals surface area (Å²) in [5.74, 6) is 0. The first-order valence-electron chi connectivity index (χ1n) is 8.51. The van der Waals surface area contributed by atoms with Crippen LogP contribution >= 0.6 is 0 Å². The Morgan fingerprint density at radius 3 is 1.96 bits per heavy atom. The first-order chi connectivity index (χ1) is 11.4. The second-order valence-corrected chi connectivity index (χ2v) is 6.48. The van der Waals surface area contributed by atoms with E-state index in [1.807, 2.05) is 0 Å². The minimum Gasteiger partial charge on any atom is -0.379 e. The van der Waals surface area contributed by atoms with Crippen molar-refractivity contribution in [1.82, 2.24) is 4.90 Å². The molecule has 4 rings (SSSR count). The van der Waals surface area contributed by atoms with Crippen LogP contribution in [0.25, 0.3) is 0 Å². The molecule has 2 nitrogen and oxygen atoms in total. The SMILES string of the molecule is C1=CC(c2ccccc2)(c2ccccc2)CC1N1CCOCC1. The largest absolute Gasteiger partial charge is 0.379 e. The molecule has 1 heterocycles. The van der Waals surface area contributed by atoms with Gasteiger partial charge in [-0.2, -0.15) is 0 Å². The van der Waals surface area contributed by atoms with E-state index in [1.54, 1.807) is 0 Å². The third-order valence-electron chi connectivity index (χ3n) is 5.23. The molecule has 1 fully saturated rings. The Hall–Kier alpha value is -1.90. The van der Waals surface area contributed by atoms with Crippen LogP contribution in [-0.4, -0.2) is 37.2 Å². The molecule has 2 heteroatoms. The maximum absolute atomic E-state index is 5.51. The molecule has 0 spiro atoms. The number of morpholine rings is 1. The van der Waals surface area contributed by atoms with Crippen molar-refractivity contribution < 1.29 is 4.74 Å². The van der Waals surface area contributed by atoms with Crippen LogP contribution in [0.4, 0.5) is 0 Å². The molecule has 23 heavy (non-hydrogen) atoms. The van der Waals surface area contributed by atoms with E-state index in [1.165, 1.54) is 11.1 Å². The van der Waals surface area contributed by atoms with Crippen molar-refractivity contribution in [3.05, 3.63) is 83.9 Å². The Morgan fingerprint density at radius 1 is 0.826 bits per heavy atom. The lowest BCUT2D eigenvalue weighted by molar-refractivity contribution is 0.0241. The molecular weight excluding hydrogens is 282 g/mol. The van der Waals surface area contributed by atoms with E-state index < -0.39 is 0 Å². The van der Waals surface area contributed by atoms with Gasteiger partial charge in [-0.25, -0.2) is 0 Å². The molecule has 0 bridgehead atoms. The van der Waals surface area contributed by atoms with Gasteiger partial charge in [0.15, 0.2) is 0 Å². The molecule has 1 unspecified atom stereocenters. The van der Waals surface area contributed by atoms with E-state index >= 15 is 0 Å². The van der Waals surface area contributed by atoms with E-state index in [-0.39, 0.29) is 5.41 Å². The maximum atomic E-state index is 5.51. The predicted octanol–water partition coefficient (Wildman–Crippen LogP) is 3.63. The lowest BCUT2D eigenvalue weighted by Gasteiger charge is -2.35. The fourth-order valence-corrected chi connectivity index (χ4v) is 3.97. The smallest absolute Gasteiger partial charge is 0.0594 e. The highest BCUT2D eigenvalue weighted by Gasteiger charge is 2.39. The Labute approximate surface area is 138 Å². The molecule has 1 aliphatic carbocycles. The predicted molar refractivity (Wildman–Crippen MR) is 93.6 cm³/mol. The van der Waals surface area contributed by atoms with E-state index in [0.29, 0.717) is 6.04 Å². The third-order valence-corrected chi connectivity index (χ3v) is 5.23. The molecule has 1 atom stereocenters. The number of rotatable bonds is 3. The molecule has 118 valence electrons. The summed E-state index contributed by atoms with van der Waals surface area (Å²) in [5.41, 5.74) is 2.77. The molecular formula is C21H23NO. The summed E-state index contributed by atoms with van der Waals surface area (Å²) >= 11 is 0. The monoisotopic (exact) mass is 305 g/mol. The van der Waals surface area contributed by atoms with E-state index in [2.05, 4.69) is 77.7 Å². The van der Waals surface area contributed by atoms with Gasteiger partial charge in [-0.15, -0.1) is 0 Å². The van der Waals surface area contributed by atoms with Gasteiger partial charge in [-0.05, 0) is 17.5 Å². The zero-order chi connectivity index (χ0) is 15.5. The van der Waals surface area contributed by atoms with Gasteiger partial charge in [0.1, 0.15) is 0 Å². The van der Waals surface area contributed by atoms with Crippen LogP contribution < -0.4 is 0 Å². The van der Waals surface area contributed by atoms with Crippen LogP contribution in [0.15, 0.2) is 72.8 Å². The summed E-state index contributed by atoms with van der Waals surface area (Å²) in [6.07, 6.45) is 5.95. The van der Waals surface area contributed by atoms with Gasteiger partial charge in [0.05, 0.1) is 13.2 Å². The first kappa shape index (κ1) is 14.7. The lowest BCUT2D eigenvalue weighted by atomic mass is 9.73.